The minimum Gasteiger partial charge on any atom is -0.0622 e. The third-order valence-electron chi connectivity index (χ3n) is 3.43. The van der Waals surface area contributed by atoms with Gasteiger partial charge in [0.15, 0.2) is 0 Å². The van der Waals surface area contributed by atoms with Gasteiger partial charge >= 0.3 is 0 Å². The van der Waals surface area contributed by atoms with E-state index in [2.05, 4.69) is 6.92 Å². The first-order valence-corrected chi connectivity index (χ1v) is 4.88. The molecule has 0 nitrogen and oxygen atoms in total. The Morgan fingerprint density at radius 1 is 1.00 bits per heavy atom. The Bertz CT molecular complexity index is 111. The van der Waals surface area contributed by atoms with Crippen molar-refractivity contribution < 1.29 is 0 Å². The van der Waals surface area contributed by atoms with Gasteiger partial charge in [-0.25, -0.2) is 0 Å². The molecule has 2 rings (SSSR count). The second-order valence-corrected chi connectivity index (χ2v) is 4.27. The second-order valence-electron chi connectivity index (χ2n) is 4.27. The molecule has 0 aliphatic heterocycles. The van der Waals surface area contributed by atoms with Crippen LogP contribution in [-0.4, -0.2) is 0 Å². The van der Waals surface area contributed by atoms with Crippen molar-refractivity contribution in [3.05, 3.63) is 0 Å². The average Bonchev–Trinajstić information content (AvgIpc) is 2.69. The molecule has 2 aliphatic carbocycles. The number of rotatable bonds is 1. The molecule has 0 heterocycles. The Hall–Kier alpha value is 0. The van der Waals surface area contributed by atoms with Crippen LogP contribution in [0, 0.1) is 17.8 Å². The number of hydrogen-bond acceptors (Lipinski definition) is 0. The Balaban J connectivity index is 1.81. The van der Waals surface area contributed by atoms with Crippen LogP contribution < -0.4 is 0 Å². The summed E-state index contributed by atoms with van der Waals surface area (Å²) in [4.78, 5) is 0. The van der Waals surface area contributed by atoms with Crippen molar-refractivity contribution in [2.24, 2.45) is 17.8 Å². The minimum absolute atomic E-state index is 1.09. The van der Waals surface area contributed by atoms with Crippen molar-refractivity contribution >= 4 is 0 Å². The molecule has 0 aromatic heterocycles. The molecule has 2 saturated carbocycles. The van der Waals surface area contributed by atoms with Gasteiger partial charge in [0.2, 0.25) is 0 Å². The highest BCUT2D eigenvalue weighted by Gasteiger charge is 2.39. The van der Waals surface area contributed by atoms with E-state index in [4.69, 9.17) is 0 Å². The molecule has 0 saturated heterocycles. The monoisotopic (exact) mass is 138 g/mol. The third-order valence-corrected chi connectivity index (χ3v) is 3.43. The van der Waals surface area contributed by atoms with Crippen LogP contribution in [0.2, 0.25) is 0 Å². The van der Waals surface area contributed by atoms with Crippen LogP contribution in [0.4, 0.5) is 0 Å². The molecule has 2 aliphatic rings. The van der Waals surface area contributed by atoms with E-state index in [1.54, 1.807) is 19.3 Å². The van der Waals surface area contributed by atoms with Gasteiger partial charge in [-0.3, -0.25) is 0 Å². The van der Waals surface area contributed by atoms with E-state index >= 15 is 0 Å². The smallest absolute Gasteiger partial charge is 0.0357 e. The van der Waals surface area contributed by atoms with Crippen molar-refractivity contribution in [3.63, 3.8) is 0 Å². The lowest BCUT2D eigenvalue weighted by Gasteiger charge is -2.21. The van der Waals surface area contributed by atoms with Crippen LogP contribution >= 0.6 is 0 Å². The van der Waals surface area contributed by atoms with Crippen molar-refractivity contribution in [2.75, 3.05) is 0 Å². The van der Waals surface area contributed by atoms with Gasteiger partial charge in [0.05, 0.1) is 0 Å². The molecular formula is C10H18. The predicted octanol–water partition coefficient (Wildman–Crippen LogP) is 3.22. The van der Waals surface area contributed by atoms with Crippen molar-refractivity contribution in [1.82, 2.24) is 0 Å². The summed E-state index contributed by atoms with van der Waals surface area (Å²) in [5.74, 6) is 3.38. The van der Waals surface area contributed by atoms with E-state index < -0.39 is 0 Å². The summed E-state index contributed by atoms with van der Waals surface area (Å²) in [7, 11) is 0. The van der Waals surface area contributed by atoms with Gasteiger partial charge in [-0.1, -0.05) is 39.0 Å². The normalized spacial score (nSPS) is 41.7. The summed E-state index contributed by atoms with van der Waals surface area (Å²) in [5, 5.41) is 0. The molecule has 0 aromatic rings. The molecule has 0 spiro atoms. The van der Waals surface area contributed by atoms with Gasteiger partial charge in [0, 0.05) is 0 Å². The first-order chi connectivity index (χ1) is 4.88. The zero-order chi connectivity index (χ0) is 6.97. The van der Waals surface area contributed by atoms with Crippen LogP contribution in [-0.2, 0) is 0 Å². The fourth-order valence-electron chi connectivity index (χ4n) is 2.57. The quantitative estimate of drug-likeness (QED) is 0.522. The van der Waals surface area contributed by atoms with Gasteiger partial charge in [-0.2, -0.15) is 0 Å². The predicted molar refractivity (Wildman–Crippen MR) is 43.8 cm³/mol. The van der Waals surface area contributed by atoms with E-state index in [0.717, 1.165) is 17.8 Å². The zero-order valence-electron chi connectivity index (χ0n) is 6.97. The average molecular weight is 138 g/mol. The Kier molecular flexibility index (Phi) is 1.71. The van der Waals surface area contributed by atoms with Crippen LogP contribution in [0.3, 0.4) is 0 Å². The van der Waals surface area contributed by atoms with Crippen molar-refractivity contribution in [1.29, 1.82) is 0 Å². The molecular weight excluding hydrogens is 120 g/mol. The molecule has 58 valence electrons. The minimum atomic E-state index is 1.09. The highest BCUT2D eigenvalue weighted by Crippen LogP contribution is 2.48. The first kappa shape index (κ1) is 6.69. The van der Waals surface area contributed by atoms with E-state index in [-0.39, 0.29) is 0 Å². The standard InChI is InChI=1S/C10H18/c1-8-7-10(8)9-5-3-2-4-6-9/h8-10H,2-7H2,1H3/t8-,10+/m0/s1. The van der Waals surface area contributed by atoms with Crippen LogP contribution in [0.25, 0.3) is 0 Å². The molecule has 2 fully saturated rings. The van der Waals surface area contributed by atoms with Crippen LogP contribution in [0.5, 0.6) is 0 Å². The summed E-state index contributed by atoms with van der Waals surface area (Å²) in [6.07, 6.45) is 9.20. The topological polar surface area (TPSA) is 0 Å². The van der Waals surface area contributed by atoms with Gasteiger partial charge in [-0.15, -0.1) is 0 Å². The lowest BCUT2D eigenvalue weighted by Crippen LogP contribution is -2.08. The third kappa shape index (κ3) is 1.21. The SMILES string of the molecule is C[C@H]1C[C@H]1C1CCCCC1. The summed E-state index contributed by atoms with van der Waals surface area (Å²) < 4.78 is 0. The molecule has 10 heavy (non-hydrogen) atoms. The summed E-state index contributed by atoms with van der Waals surface area (Å²) in [6, 6.07) is 0. The van der Waals surface area contributed by atoms with Crippen molar-refractivity contribution in [2.45, 2.75) is 45.4 Å². The van der Waals surface area contributed by atoms with Gasteiger partial charge in [0.1, 0.15) is 0 Å². The number of hydrogen-bond donors (Lipinski definition) is 0. The molecule has 2 atom stereocenters. The molecule has 0 heteroatoms. The van der Waals surface area contributed by atoms with Crippen LogP contribution in [0.15, 0.2) is 0 Å². The van der Waals surface area contributed by atoms with Gasteiger partial charge in [-0.05, 0) is 24.2 Å². The maximum Gasteiger partial charge on any atom is -0.0357 e. The molecule has 0 unspecified atom stereocenters. The molecule has 0 bridgehead atoms. The Labute approximate surface area is 64.0 Å². The molecule has 0 radical (unpaired) electrons. The zero-order valence-corrected chi connectivity index (χ0v) is 6.97. The highest BCUT2D eigenvalue weighted by atomic mass is 14.4. The van der Waals surface area contributed by atoms with E-state index in [1.165, 1.54) is 19.3 Å². The summed E-state index contributed by atoms with van der Waals surface area (Å²) in [6.45, 7) is 2.42. The maximum absolute atomic E-state index is 2.42. The first-order valence-electron chi connectivity index (χ1n) is 4.88. The van der Waals surface area contributed by atoms with E-state index in [1.807, 2.05) is 0 Å². The van der Waals surface area contributed by atoms with E-state index in [0.29, 0.717) is 0 Å². The largest absolute Gasteiger partial charge is 0.0622 e. The lowest BCUT2D eigenvalue weighted by atomic mass is 9.85. The highest BCUT2D eigenvalue weighted by molar-refractivity contribution is 4.89. The lowest BCUT2D eigenvalue weighted by molar-refractivity contribution is 0.312. The van der Waals surface area contributed by atoms with Crippen LogP contribution in [0.1, 0.15) is 45.4 Å². The molecule has 0 amide bonds. The Morgan fingerprint density at radius 2 is 1.60 bits per heavy atom. The summed E-state index contributed by atoms with van der Waals surface area (Å²) in [5.41, 5.74) is 0. The van der Waals surface area contributed by atoms with Gasteiger partial charge < -0.3 is 0 Å². The van der Waals surface area contributed by atoms with Crippen molar-refractivity contribution in [3.8, 4) is 0 Å². The van der Waals surface area contributed by atoms with Gasteiger partial charge in [0.25, 0.3) is 0 Å². The fraction of sp³-hybridized carbons (Fsp3) is 1.00. The Morgan fingerprint density at radius 3 is 2.10 bits per heavy atom. The fourth-order valence-corrected chi connectivity index (χ4v) is 2.57. The maximum atomic E-state index is 2.42. The molecule has 0 N–H and O–H groups in total. The molecule has 0 aromatic carbocycles. The summed E-state index contributed by atoms with van der Waals surface area (Å²) >= 11 is 0. The van der Waals surface area contributed by atoms with E-state index in [9.17, 15) is 0 Å². The second kappa shape index (κ2) is 2.56.